The van der Waals surface area contributed by atoms with E-state index < -0.39 is 23.8 Å². The van der Waals surface area contributed by atoms with Crippen LogP contribution in [0.15, 0.2) is 54.6 Å². The summed E-state index contributed by atoms with van der Waals surface area (Å²) in [5, 5.41) is 10.2. The number of hydrogen-bond donors (Lipinski definition) is 1. The molecule has 1 aliphatic heterocycles. The molecule has 1 aromatic heterocycles. The molecule has 1 N–H and O–H groups in total. The van der Waals surface area contributed by atoms with Gasteiger partial charge >= 0.3 is 12.1 Å². The average molecular weight is 503 g/mol. The Hall–Kier alpha value is -3.71. The second-order valence-corrected chi connectivity index (χ2v) is 10.4. The van der Waals surface area contributed by atoms with Gasteiger partial charge in [-0.25, -0.2) is 9.59 Å². The molecule has 1 aliphatic rings. The summed E-state index contributed by atoms with van der Waals surface area (Å²) in [5.74, 6) is -1.08. The number of aryl methyl sites for hydroxylation is 2. The van der Waals surface area contributed by atoms with Crippen LogP contribution in [0.25, 0.3) is 11.1 Å². The maximum Gasteiger partial charge on any atom is 0.410 e. The van der Waals surface area contributed by atoms with Crippen molar-refractivity contribution in [3.8, 4) is 11.1 Å². The molecule has 37 heavy (non-hydrogen) atoms. The number of aromatic nitrogens is 1. The second-order valence-electron chi connectivity index (χ2n) is 10.4. The van der Waals surface area contributed by atoms with Crippen LogP contribution in [-0.4, -0.2) is 39.2 Å². The van der Waals surface area contributed by atoms with E-state index in [-0.39, 0.29) is 13.2 Å². The number of nitrogens with zero attached hydrogens (tertiary/aromatic N) is 2. The molecular formula is C30H34N2O5. The summed E-state index contributed by atoms with van der Waals surface area (Å²) in [6.45, 7) is 10.3. The first-order valence-electron chi connectivity index (χ1n) is 12.5. The fourth-order valence-corrected chi connectivity index (χ4v) is 4.63. The molecule has 1 amide bonds. The highest BCUT2D eigenvalue weighted by Crippen LogP contribution is 2.40. The third kappa shape index (κ3) is 6.17. The topological polar surface area (TPSA) is 89.0 Å². The van der Waals surface area contributed by atoms with Crippen molar-refractivity contribution in [1.82, 2.24) is 9.88 Å². The molecule has 0 saturated carbocycles. The fourth-order valence-electron chi connectivity index (χ4n) is 4.63. The van der Waals surface area contributed by atoms with Crippen molar-refractivity contribution in [2.24, 2.45) is 0 Å². The van der Waals surface area contributed by atoms with Crippen LogP contribution in [0.4, 0.5) is 4.79 Å². The number of pyridine rings is 1. The fraction of sp³-hybridized carbons (Fsp3) is 0.367. The van der Waals surface area contributed by atoms with Gasteiger partial charge in [-0.2, -0.15) is 0 Å². The minimum absolute atomic E-state index is 0.186. The van der Waals surface area contributed by atoms with E-state index in [1.54, 1.807) is 4.90 Å². The van der Waals surface area contributed by atoms with Gasteiger partial charge in [-0.05, 0) is 51.3 Å². The highest BCUT2D eigenvalue weighted by Gasteiger charge is 2.35. The van der Waals surface area contributed by atoms with Gasteiger partial charge in [-0.3, -0.25) is 4.98 Å². The predicted molar refractivity (Wildman–Crippen MR) is 141 cm³/mol. The van der Waals surface area contributed by atoms with Crippen molar-refractivity contribution in [2.75, 3.05) is 6.54 Å². The Morgan fingerprint density at radius 1 is 1.05 bits per heavy atom. The molecule has 7 nitrogen and oxygen atoms in total. The summed E-state index contributed by atoms with van der Waals surface area (Å²) in [7, 11) is 0. The molecule has 0 aliphatic carbocycles. The standard InChI is InChI=1S/C30H34N2O5/c1-19-11-13-22(14-12-19)26-23-17-32(29(35)36-18-21-9-7-6-8-10-21)16-15-24(23)31-20(2)25(26)27(28(33)34)37-30(3,4)5/h6-14,27H,15-18H2,1-5H3,(H,33,34)/t27-/m0/s1. The lowest BCUT2D eigenvalue weighted by atomic mass is 9.87. The lowest BCUT2D eigenvalue weighted by Crippen LogP contribution is -2.37. The van der Waals surface area contributed by atoms with Gasteiger partial charge in [0.25, 0.3) is 0 Å². The van der Waals surface area contributed by atoms with Gasteiger partial charge in [-0.15, -0.1) is 0 Å². The Morgan fingerprint density at radius 3 is 2.35 bits per heavy atom. The molecule has 0 radical (unpaired) electrons. The third-order valence-corrected chi connectivity index (χ3v) is 6.34. The van der Waals surface area contributed by atoms with Crippen LogP contribution in [0, 0.1) is 13.8 Å². The number of carbonyl (C=O) groups is 2. The Morgan fingerprint density at radius 2 is 1.73 bits per heavy atom. The van der Waals surface area contributed by atoms with Crippen LogP contribution in [0.5, 0.6) is 0 Å². The highest BCUT2D eigenvalue weighted by molar-refractivity contribution is 5.83. The number of fused-ring (bicyclic) bond motifs is 1. The average Bonchev–Trinajstić information content (AvgIpc) is 2.85. The van der Waals surface area contributed by atoms with Crippen molar-refractivity contribution in [1.29, 1.82) is 0 Å². The van der Waals surface area contributed by atoms with Gasteiger partial charge in [0, 0.05) is 35.5 Å². The monoisotopic (exact) mass is 502 g/mol. The normalized spacial score (nSPS) is 14.1. The summed E-state index contributed by atoms with van der Waals surface area (Å²) in [5.41, 5.74) is 5.78. The molecule has 0 bridgehead atoms. The molecule has 0 spiro atoms. The minimum atomic E-state index is -1.21. The molecule has 0 fully saturated rings. The van der Waals surface area contributed by atoms with Crippen LogP contribution in [0.1, 0.15) is 60.5 Å². The van der Waals surface area contributed by atoms with Gasteiger partial charge in [0.1, 0.15) is 6.61 Å². The van der Waals surface area contributed by atoms with E-state index in [4.69, 9.17) is 14.5 Å². The first-order chi connectivity index (χ1) is 17.5. The Labute approximate surface area is 218 Å². The van der Waals surface area contributed by atoms with Crippen LogP contribution in [0.3, 0.4) is 0 Å². The first kappa shape index (κ1) is 26.4. The van der Waals surface area contributed by atoms with Gasteiger partial charge < -0.3 is 19.5 Å². The summed E-state index contributed by atoms with van der Waals surface area (Å²) in [6.07, 6.45) is -1.07. The van der Waals surface area contributed by atoms with Gasteiger partial charge in [0.2, 0.25) is 0 Å². The highest BCUT2D eigenvalue weighted by atomic mass is 16.6. The molecule has 1 atom stereocenters. The largest absolute Gasteiger partial charge is 0.479 e. The third-order valence-electron chi connectivity index (χ3n) is 6.34. The molecule has 194 valence electrons. The molecule has 2 aromatic carbocycles. The number of benzene rings is 2. The summed E-state index contributed by atoms with van der Waals surface area (Å²) < 4.78 is 11.7. The van der Waals surface area contributed by atoms with E-state index in [1.165, 1.54) is 0 Å². The summed E-state index contributed by atoms with van der Waals surface area (Å²) >= 11 is 0. The van der Waals surface area contributed by atoms with E-state index in [0.29, 0.717) is 24.2 Å². The molecular weight excluding hydrogens is 468 g/mol. The quantitative estimate of drug-likeness (QED) is 0.445. The number of aliphatic carboxylic acids is 1. The zero-order valence-corrected chi connectivity index (χ0v) is 22.1. The van der Waals surface area contributed by atoms with E-state index in [1.807, 2.05) is 89.2 Å². The smallest absolute Gasteiger partial charge is 0.410 e. The zero-order chi connectivity index (χ0) is 26.7. The number of carboxylic acid groups (broad SMARTS) is 1. The molecule has 3 aromatic rings. The second kappa shape index (κ2) is 10.7. The molecule has 4 rings (SSSR count). The number of rotatable bonds is 6. The number of carboxylic acids is 1. The van der Waals surface area contributed by atoms with E-state index in [0.717, 1.165) is 33.5 Å². The van der Waals surface area contributed by atoms with Crippen LogP contribution >= 0.6 is 0 Å². The van der Waals surface area contributed by atoms with Crippen molar-refractivity contribution < 1.29 is 24.2 Å². The number of carbonyl (C=O) groups excluding carboxylic acids is 1. The van der Waals surface area contributed by atoms with E-state index >= 15 is 0 Å². The SMILES string of the molecule is Cc1ccc(-c2c3c(nc(C)c2[C@H](OC(C)(C)C)C(=O)O)CCN(C(=O)OCc2ccccc2)C3)cc1. The van der Waals surface area contributed by atoms with Gasteiger partial charge in [-0.1, -0.05) is 60.2 Å². The Kier molecular flexibility index (Phi) is 7.64. The molecule has 0 unspecified atom stereocenters. The van der Waals surface area contributed by atoms with Crippen molar-refractivity contribution in [2.45, 2.75) is 65.9 Å². The first-order valence-corrected chi connectivity index (χ1v) is 12.5. The predicted octanol–water partition coefficient (Wildman–Crippen LogP) is 6.00. The molecule has 0 saturated heterocycles. The summed E-state index contributed by atoms with van der Waals surface area (Å²) in [6, 6.07) is 17.5. The lowest BCUT2D eigenvalue weighted by molar-refractivity contribution is -0.160. The maximum atomic E-state index is 13.0. The van der Waals surface area contributed by atoms with Crippen molar-refractivity contribution in [3.63, 3.8) is 0 Å². The molecule has 7 heteroatoms. The van der Waals surface area contributed by atoms with Gasteiger partial charge in [0.15, 0.2) is 6.10 Å². The summed E-state index contributed by atoms with van der Waals surface area (Å²) in [4.78, 5) is 32.0. The Balaban J connectivity index is 1.76. The van der Waals surface area contributed by atoms with Crippen LogP contribution in [0.2, 0.25) is 0 Å². The van der Waals surface area contributed by atoms with Crippen molar-refractivity contribution >= 4 is 12.1 Å². The van der Waals surface area contributed by atoms with Crippen LogP contribution < -0.4 is 0 Å². The minimum Gasteiger partial charge on any atom is -0.479 e. The van der Waals surface area contributed by atoms with E-state index in [2.05, 4.69) is 0 Å². The van der Waals surface area contributed by atoms with Crippen LogP contribution in [-0.2, 0) is 33.8 Å². The Bertz CT molecular complexity index is 1280. The number of hydrogen-bond acceptors (Lipinski definition) is 5. The van der Waals surface area contributed by atoms with Gasteiger partial charge in [0.05, 0.1) is 12.1 Å². The lowest BCUT2D eigenvalue weighted by Gasteiger charge is -2.33. The molecule has 2 heterocycles. The number of ether oxygens (including phenoxy) is 2. The van der Waals surface area contributed by atoms with Crippen molar-refractivity contribution in [3.05, 3.63) is 88.2 Å². The van der Waals surface area contributed by atoms with E-state index in [9.17, 15) is 14.7 Å². The maximum absolute atomic E-state index is 13.0. The zero-order valence-electron chi connectivity index (χ0n) is 22.1. The number of amides is 1.